The van der Waals surface area contributed by atoms with Gasteiger partial charge in [-0.25, -0.2) is 4.79 Å². The highest BCUT2D eigenvalue weighted by Gasteiger charge is 2.67. The molecule has 2 amide bonds. The molecule has 0 saturated carbocycles. The second-order valence-corrected chi connectivity index (χ2v) is 6.07. The summed E-state index contributed by atoms with van der Waals surface area (Å²) in [6.07, 6.45) is 0. The lowest BCUT2D eigenvalue weighted by Crippen LogP contribution is -2.71. The van der Waals surface area contributed by atoms with Gasteiger partial charge in [-0.05, 0) is 0 Å². The average Bonchev–Trinajstić information content (AvgIpc) is 2.42. The molecule has 0 unspecified atom stereocenters. The Hall–Kier alpha value is -2.44. The van der Waals surface area contributed by atoms with Crippen LogP contribution >= 0.6 is 11.8 Å². The predicted molar refractivity (Wildman–Crippen MR) is 80.2 cm³/mol. The van der Waals surface area contributed by atoms with E-state index >= 15 is 0 Å². The third kappa shape index (κ3) is 4.31. The van der Waals surface area contributed by atoms with Gasteiger partial charge >= 0.3 is 11.6 Å². The molecule has 0 aromatic heterocycles. The van der Waals surface area contributed by atoms with Gasteiger partial charge in [0.25, 0.3) is 0 Å². The van der Waals surface area contributed by atoms with E-state index < -0.39 is 52.4 Å². The van der Waals surface area contributed by atoms with Crippen LogP contribution in [0.4, 0.5) is 0 Å². The molecule has 1 rings (SSSR count). The molecule has 1 fully saturated rings. The van der Waals surface area contributed by atoms with Crippen LogP contribution < -0.4 is 5.32 Å². The lowest BCUT2D eigenvalue weighted by atomic mass is 10.0. The zero-order chi connectivity index (χ0) is 18.5. The van der Waals surface area contributed by atoms with E-state index in [0.29, 0.717) is 0 Å². The Morgan fingerprint density at radius 1 is 1.29 bits per heavy atom. The maximum Gasteiger partial charge on any atom is 0.492 e. The van der Waals surface area contributed by atoms with Crippen LogP contribution in [-0.2, 0) is 19.1 Å². The Morgan fingerprint density at radius 2 is 1.83 bits per heavy atom. The summed E-state index contributed by atoms with van der Waals surface area (Å²) in [4.78, 5) is 54.8. The van der Waals surface area contributed by atoms with Crippen molar-refractivity contribution in [3.63, 3.8) is 0 Å². The van der Waals surface area contributed by atoms with E-state index in [1.165, 1.54) is 6.92 Å². The van der Waals surface area contributed by atoms with Gasteiger partial charge in [0.2, 0.25) is 11.8 Å². The quantitative estimate of drug-likeness (QED) is 0.233. The number of nitro groups is 2. The summed E-state index contributed by atoms with van der Waals surface area (Å²) in [6.45, 7) is 0.0255. The minimum atomic E-state index is -2.34. The normalized spacial score (nSPS) is 16.5. The molecule has 24 heavy (non-hydrogen) atoms. The van der Waals surface area contributed by atoms with Gasteiger partial charge in [-0.1, -0.05) is 0 Å². The number of thioether (sulfide) groups is 1. The van der Waals surface area contributed by atoms with E-state index in [4.69, 9.17) is 0 Å². The van der Waals surface area contributed by atoms with Gasteiger partial charge in [0.1, 0.15) is 15.9 Å². The number of esters is 1. The van der Waals surface area contributed by atoms with Gasteiger partial charge in [-0.15, -0.1) is 11.8 Å². The molecule has 1 saturated heterocycles. The number of hydrogen-bond donors (Lipinski definition) is 1. The summed E-state index contributed by atoms with van der Waals surface area (Å²) in [6, 6.07) is -0.932. The molecule has 0 aliphatic carbocycles. The molecule has 1 aliphatic heterocycles. The molecular weight excluding hydrogens is 348 g/mol. The SMILES string of the molecule is COC(=O)[C@H](CSCC(=O)N1CC([N+](=O)[O-])([N+](=O)[O-])C1)NC(C)=O. The first kappa shape index (κ1) is 19.6. The number of amides is 2. The van der Waals surface area contributed by atoms with E-state index in [1.807, 2.05) is 0 Å². The van der Waals surface area contributed by atoms with Gasteiger partial charge in [0.05, 0.1) is 12.9 Å². The first-order chi connectivity index (χ1) is 11.1. The fraction of sp³-hybridized carbons (Fsp3) is 0.727. The van der Waals surface area contributed by atoms with Crippen LogP contribution in [0.15, 0.2) is 0 Å². The first-order valence-corrected chi connectivity index (χ1v) is 7.79. The van der Waals surface area contributed by atoms with Crippen LogP contribution in [-0.4, -0.2) is 75.9 Å². The largest absolute Gasteiger partial charge is 0.492 e. The molecule has 0 spiro atoms. The van der Waals surface area contributed by atoms with Crippen LogP contribution in [0.1, 0.15) is 6.92 Å². The van der Waals surface area contributed by atoms with Gasteiger partial charge in [0.15, 0.2) is 13.1 Å². The highest BCUT2D eigenvalue weighted by atomic mass is 32.2. The summed E-state index contributed by atoms with van der Waals surface area (Å²) >= 11 is 1.00. The standard InChI is InChI=1S/C11H16N4O8S/c1-7(16)12-8(10(18)23-2)3-24-4-9(17)13-5-11(6-13,14(19)20)15(21)22/h8H,3-6H2,1-2H3,(H,12,16)/t8-/m0/s1. The molecule has 1 aliphatic rings. The van der Waals surface area contributed by atoms with E-state index in [2.05, 4.69) is 10.1 Å². The second-order valence-electron chi connectivity index (χ2n) is 5.04. The molecular formula is C11H16N4O8S. The van der Waals surface area contributed by atoms with Crippen LogP contribution in [0.25, 0.3) is 0 Å². The Labute approximate surface area is 140 Å². The molecule has 0 radical (unpaired) electrons. The number of likely N-dealkylation sites (tertiary alicyclic amines) is 1. The highest BCUT2D eigenvalue weighted by Crippen LogP contribution is 2.25. The number of nitrogens with one attached hydrogen (secondary N) is 1. The van der Waals surface area contributed by atoms with E-state index in [0.717, 1.165) is 23.8 Å². The van der Waals surface area contributed by atoms with Crippen molar-refractivity contribution in [1.29, 1.82) is 0 Å². The van der Waals surface area contributed by atoms with Crippen molar-refractivity contribution in [2.75, 3.05) is 31.7 Å². The van der Waals surface area contributed by atoms with E-state index in [9.17, 15) is 34.6 Å². The molecule has 1 atom stereocenters. The second kappa shape index (κ2) is 7.90. The predicted octanol–water partition coefficient (Wildman–Crippen LogP) is -1.51. The molecule has 13 heteroatoms. The number of hydrogen-bond acceptors (Lipinski definition) is 9. The summed E-state index contributed by atoms with van der Waals surface area (Å²) in [5.41, 5.74) is -2.34. The molecule has 12 nitrogen and oxygen atoms in total. The average molecular weight is 364 g/mol. The summed E-state index contributed by atoms with van der Waals surface area (Å²) < 4.78 is 4.52. The summed E-state index contributed by atoms with van der Waals surface area (Å²) in [7, 11) is 1.15. The van der Waals surface area contributed by atoms with E-state index in [1.54, 1.807) is 0 Å². The fourth-order valence-corrected chi connectivity index (χ4v) is 2.88. The van der Waals surface area contributed by atoms with Crippen LogP contribution in [0.2, 0.25) is 0 Å². The number of carbonyl (C=O) groups excluding carboxylic acids is 3. The van der Waals surface area contributed by atoms with Crippen molar-refractivity contribution < 1.29 is 29.0 Å². The molecule has 134 valence electrons. The number of carbonyl (C=O) groups is 3. The molecule has 1 heterocycles. The number of rotatable bonds is 8. The zero-order valence-electron chi connectivity index (χ0n) is 12.9. The zero-order valence-corrected chi connectivity index (χ0v) is 13.7. The lowest BCUT2D eigenvalue weighted by molar-refractivity contribution is -0.809. The Bertz CT molecular complexity index is 546. The van der Waals surface area contributed by atoms with Crippen molar-refractivity contribution in [1.82, 2.24) is 10.2 Å². The summed E-state index contributed by atoms with van der Waals surface area (Å²) in [5, 5.41) is 23.9. The molecule has 0 aromatic rings. The monoisotopic (exact) mass is 364 g/mol. The molecule has 0 bridgehead atoms. The fourth-order valence-electron chi connectivity index (χ4n) is 1.95. The minimum Gasteiger partial charge on any atom is -0.467 e. The van der Waals surface area contributed by atoms with Gasteiger partial charge < -0.3 is 15.0 Å². The molecule has 0 aromatic carbocycles. The lowest BCUT2D eigenvalue weighted by Gasteiger charge is -2.36. The highest BCUT2D eigenvalue weighted by molar-refractivity contribution is 8.00. The first-order valence-electron chi connectivity index (χ1n) is 6.63. The van der Waals surface area contributed by atoms with Crippen LogP contribution in [0.5, 0.6) is 0 Å². The third-order valence-corrected chi connectivity index (χ3v) is 4.31. The van der Waals surface area contributed by atoms with E-state index in [-0.39, 0.29) is 11.5 Å². The minimum absolute atomic E-state index is 0.0570. The van der Waals surface area contributed by atoms with Crippen molar-refractivity contribution in [3.05, 3.63) is 20.2 Å². The van der Waals surface area contributed by atoms with Gasteiger partial charge in [-0.3, -0.25) is 29.8 Å². The van der Waals surface area contributed by atoms with Gasteiger partial charge in [0, 0.05) is 12.7 Å². The third-order valence-electron chi connectivity index (χ3n) is 3.29. The van der Waals surface area contributed by atoms with Crippen molar-refractivity contribution in [2.45, 2.75) is 18.6 Å². The maximum absolute atomic E-state index is 11.9. The number of ether oxygens (including phenoxy) is 1. The Morgan fingerprint density at radius 3 is 2.25 bits per heavy atom. The van der Waals surface area contributed by atoms with Crippen LogP contribution in [0.3, 0.4) is 0 Å². The van der Waals surface area contributed by atoms with Crippen LogP contribution in [0, 0.1) is 20.2 Å². The number of methoxy groups -OCH3 is 1. The Balaban J connectivity index is 2.47. The van der Waals surface area contributed by atoms with Gasteiger partial charge in [-0.2, -0.15) is 0 Å². The molecule has 1 N–H and O–H groups in total. The Kier molecular flexibility index (Phi) is 6.45. The smallest absolute Gasteiger partial charge is 0.467 e. The maximum atomic E-state index is 11.9. The summed E-state index contributed by atoms with van der Waals surface area (Å²) in [5.74, 6) is -1.72. The van der Waals surface area contributed by atoms with Crippen molar-refractivity contribution in [3.8, 4) is 0 Å². The van der Waals surface area contributed by atoms with Crippen molar-refractivity contribution in [2.24, 2.45) is 0 Å². The van der Waals surface area contributed by atoms with Crippen molar-refractivity contribution >= 4 is 29.5 Å². The number of nitrogens with zero attached hydrogens (tertiary/aromatic N) is 3. The topological polar surface area (TPSA) is 162 Å².